The zero-order chi connectivity index (χ0) is 18.2. The summed E-state index contributed by atoms with van der Waals surface area (Å²) in [5.74, 6) is 0.802. The molecule has 25 heavy (non-hydrogen) atoms. The van der Waals surface area contributed by atoms with Crippen molar-refractivity contribution in [3.63, 3.8) is 0 Å². The van der Waals surface area contributed by atoms with Crippen LogP contribution in [0.1, 0.15) is 37.0 Å². The van der Waals surface area contributed by atoms with E-state index in [0.717, 1.165) is 24.6 Å². The molecule has 7 nitrogen and oxygen atoms in total. The summed E-state index contributed by atoms with van der Waals surface area (Å²) in [5.41, 5.74) is 1.27. The van der Waals surface area contributed by atoms with Gasteiger partial charge < -0.3 is 10.0 Å². The number of aliphatic hydroxyl groups is 1. The van der Waals surface area contributed by atoms with Crippen LogP contribution in [0.3, 0.4) is 0 Å². The lowest BCUT2D eigenvalue weighted by molar-refractivity contribution is 0.0137. The van der Waals surface area contributed by atoms with Gasteiger partial charge in [0, 0.05) is 38.9 Å². The highest BCUT2D eigenvalue weighted by molar-refractivity contribution is 5.94. The number of fused-ring (bicyclic) bond motifs is 1. The van der Waals surface area contributed by atoms with Crippen LogP contribution in [0.5, 0.6) is 0 Å². The second-order valence-corrected chi connectivity index (χ2v) is 7.87. The number of piperazine rings is 1. The number of aryl methyl sites for hydroxylation is 1. The Morgan fingerprint density at radius 3 is 2.52 bits per heavy atom. The molecule has 1 fully saturated rings. The molecule has 1 N–H and O–H groups in total. The predicted molar refractivity (Wildman–Crippen MR) is 95.5 cm³/mol. The van der Waals surface area contributed by atoms with Gasteiger partial charge in [-0.1, -0.05) is 20.8 Å². The number of aromatic nitrogens is 3. The van der Waals surface area contributed by atoms with Crippen LogP contribution in [-0.2, 0) is 0 Å². The molecule has 3 rings (SSSR count). The van der Waals surface area contributed by atoms with Crippen LogP contribution in [0.2, 0.25) is 0 Å². The van der Waals surface area contributed by atoms with Gasteiger partial charge in [0.25, 0.3) is 5.91 Å². The van der Waals surface area contributed by atoms with Gasteiger partial charge in [0.15, 0.2) is 5.65 Å². The molecular weight excluding hydrogens is 318 g/mol. The summed E-state index contributed by atoms with van der Waals surface area (Å²) in [6, 6.07) is 3.63. The smallest absolute Gasteiger partial charge is 0.255 e. The Labute approximate surface area is 148 Å². The van der Waals surface area contributed by atoms with Crippen molar-refractivity contribution in [2.75, 3.05) is 32.7 Å². The molecule has 0 spiro atoms. The van der Waals surface area contributed by atoms with E-state index >= 15 is 0 Å². The fraction of sp³-hybridized carbons (Fsp3) is 0.611. The molecule has 1 aliphatic heterocycles. The molecule has 1 aliphatic rings. The fourth-order valence-corrected chi connectivity index (χ4v) is 2.97. The molecule has 136 valence electrons. The first-order valence-corrected chi connectivity index (χ1v) is 8.77. The standard InChI is InChI=1S/C18H27N5O2/c1-13-19-20-16-6-5-14(11-23(13)16)17(25)22-9-7-21(8-10-22)12-15(24)18(2,3)4/h5-6,11,15,24H,7-10,12H2,1-4H3/t15-/m0/s1. The van der Waals surface area contributed by atoms with Crippen LogP contribution in [0.15, 0.2) is 18.3 Å². The van der Waals surface area contributed by atoms with Gasteiger partial charge in [-0.25, -0.2) is 0 Å². The zero-order valence-corrected chi connectivity index (χ0v) is 15.4. The number of nitrogens with zero attached hydrogens (tertiary/aromatic N) is 5. The summed E-state index contributed by atoms with van der Waals surface area (Å²) < 4.78 is 1.84. The quantitative estimate of drug-likeness (QED) is 0.905. The topological polar surface area (TPSA) is 74.0 Å². The van der Waals surface area contributed by atoms with E-state index < -0.39 is 0 Å². The molecule has 1 atom stereocenters. The third-order valence-electron chi connectivity index (χ3n) is 4.91. The van der Waals surface area contributed by atoms with Crippen LogP contribution in [-0.4, -0.2) is 74.2 Å². The summed E-state index contributed by atoms with van der Waals surface area (Å²) in [6.45, 7) is 11.6. The third-order valence-corrected chi connectivity index (χ3v) is 4.91. The van der Waals surface area contributed by atoms with E-state index in [1.54, 1.807) is 0 Å². The average molecular weight is 345 g/mol. The minimum Gasteiger partial charge on any atom is -0.391 e. The Kier molecular flexibility index (Phi) is 4.79. The van der Waals surface area contributed by atoms with Crippen molar-refractivity contribution in [1.29, 1.82) is 0 Å². The van der Waals surface area contributed by atoms with Gasteiger partial charge in [-0.3, -0.25) is 14.1 Å². The number of β-amino-alcohol motifs (C(OH)–C–C–N with tert-alkyl or cyclic N) is 1. The first-order chi connectivity index (χ1) is 11.8. The Hall–Kier alpha value is -1.99. The molecule has 2 aromatic rings. The van der Waals surface area contributed by atoms with Gasteiger partial charge in [-0.05, 0) is 24.5 Å². The SMILES string of the molecule is Cc1nnc2ccc(C(=O)N3CCN(C[C@H](O)C(C)(C)C)CC3)cn12. The number of amides is 1. The highest BCUT2D eigenvalue weighted by Gasteiger charge is 2.28. The van der Waals surface area contributed by atoms with Gasteiger partial charge in [0.1, 0.15) is 5.82 Å². The van der Waals surface area contributed by atoms with Gasteiger partial charge >= 0.3 is 0 Å². The van der Waals surface area contributed by atoms with Crippen molar-refractivity contribution in [2.45, 2.75) is 33.8 Å². The molecule has 1 amide bonds. The molecule has 1 saturated heterocycles. The Balaban J connectivity index is 1.62. The Morgan fingerprint density at radius 1 is 1.20 bits per heavy atom. The highest BCUT2D eigenvalue weighted by Crippen LogP contribution is 2.20. The summed E-state index contributed by atoms with van der Waals surface area (Å²) in [4.78, 5) is 16.9. The normalized spacial score (nSPS) is 17.9. The molecule has 0 saturated carbocycles. The number of hydrogen-bond acceptors (Lipinski definition) is 5. The van der Waals surface area contributed by atoms with Crippen molar-refractivity contribution in [2.24, 2.45) is 5.41 Å². The maximum atomic E-state index is 12.8. The van der Waals surface area contributed by atoms with Crippen LogP contribution in [0.4, 0.5) is 0 Å². The van der Waals surface area contributed by atoms with E-state index in [1.807, 2.05) is 55.3 Å². The largest absolute Gasteiger partial charge is 0.391 e. The van der Waals surface area contributed by atoms with E-state index in [0.29, 0.717) is 25.2 Å². The fourth-order valence-electron chi connectivity index (χ4n) is 2.97. The van der Waals surface area contributed by atoms with E-state index in [4.69, 9.17) is 0 Å². The van der Waals surface area contributed by atoms with Crippen molar-refractivity contribution >= 4 is 11.6 Å². The first-order valence-electron chi connectivity index (χ1n) is 8.77. The van der Waals surface area contributed by atoms with E-state index in [2.05, 4.69) is 15.1 Å². The molecular formula is C18H27N5O2. The van der Waals surface area contributed by atoms with Crippen LogP contribution < -0.4 is 0 Å². The molecule has 2 aromatic heterocycles. The van der Waals surface area contributed by atoms with E-state index in [-0.39, 0.29) is 17.4 Å². The van der Waals surface area contributed by atoms with Crippen LogP contribution in [0.25, 0.3) is 5.65 Å². The van der Waals surface area contributed by atoms with Gasteiger partial charge in [-0.2, -0.15) is 0 Å². The maximum absolute atomic E-state index is 12.8. The minimum absolute atomic E-state index is 0.0334. The lowest BCUT2D eigenvalue weighted by Crippen LogP contribution is -2.51. The van der Waals surface area contributed by atoms with Crippen molar-refractivity contribution in [3.8, 4) is 0 Å². The van der Waals surface area contributed by atoms with E-state index in [1.165, 1.54) is 0 Å². The second kappa shape index (κ2) is 6.72. The summed E-state index contributed by atoms with van der Waals surface area (Å²) in [5, 5.41) is 18.3. The van der Waals surface area contributed by atoms with Crippen molar-refractivity contribution < 1.29 is 9.90 Å². The molecule has 0 bridgehead atoms. The van der Waals surface area contributed by atoms with Gasteiger partial charge in [-0.15, -0.1) is 10.2 Å². The molecule has 7 heteroatoms. The number of rotatable bonds is 3. The van der Waals surface area contributed by atoms with Crippen LogP contribution in [0, 0.1) is 12.3 Å². The maximum Gasteiger partial charge on any atom is 0.255 e. The Bertz CT molecular complexity index is 756. The number of aliphatic hydroxyl groups excluding tert-OH is 1. The van der Waals surface area contributed by atoms with Crippen LogP contribution >= 0.6 is 0 Å². The van der Waals surface area contributed by atoms with Crippen molar-refractivity contribution in [1.82, 2.24) is 24.4 Å². The predicted octanol–water partition coefficient (Wildman–Crippen LogP) is 1.20. The lowest BCUT2D eigenvalue weighted by atomic mass is 9.89. The average Bonchev–Trinajstić information content (AvgIpc) is 2.95. The monoisotopic (exact) mass is 345 g/mol. The Morgan fingerprint density at radius 2 is 1.88 bits per heavy atom. The number of pyridine rings is 1. The molecule has 0 unspecified atom stereocenters. The summed E-state index contributed by atoms with van der Waals surface area (Å²) in [6.07, 6.45) is 1.44. The zero-order valence-electron chi connectivity index (χ0n) is 15.4. The van der Waals surface area contributed by atoms with Crippen molar-refractivity contribution in [3.05, 3.63) is 29.7 Å². The molecule has 0 aromatic carbocycles. The highest BCUT2D eigenvalue weighted by atomic mass is 16.3. The third kappa shape index (κ3) is 3.82. The second-order valence-electron chi connectivity index (χ2n) is 7.87. The first kappa shape index (κ1) is 17.8. The number of hydrogen-bond donors (Lipinski definition) is 1. The lowest BCUT2D eigenvalue weighted by Gasteiger charge is -2.38. The summed E-state index contributed by atoms with van der Waals surface area (Å²) >= 11 is 0. The summed E-state index contributed by atoms with van der Waals surface area (Å²) in [7, 11) is 0. The number of carbonyl (C=O) groups is 1. The molecule has 0 radical (unpaired) electrons. The minimum atomic E-state index is -0.367. The van der Waals surface area contributed by atoms with Gasteiger partial charge in [0.05, 0.1) is 11.7 Å². The molecule has 3 heterocycles. The van der Waals surface area contributed by atoms with E-state index in [9.17, 15) is 9.90 Å². The number of carbonyl (C=O) groups excluding carboxylic acids is 1. The van der Waals surface area contributed by atoms with Gasteiger partial charge in [0.2, 0.25) is 0 Å². The molecule has 0 aliphatic carbocycles.